The molecule has 3 nitrogen and oxygen atoms in total. The normalized spacial score (nSPS) is 10.5. The van der Waals surface area contributed by atoms with Crippen LogP contribution in [0.2, 0.25) is 5.02 Å². The van der Waals surface area contributed by atoms with Crippen LogP contribution in [0.4, 0.5) is 0 Å². The Kier molecular flexibility index (Phi) is 4.18. The molecule has 1 rings (SSSR count). The first kappa shape index (κ1) is 11.6. The van der Waals surface area contributed by atoms with E-state index in [0.29, 0.717) is 17.4 Å². The van der Waals surface area contributed by atoms with Crippen LogP contribution >= 0.6 is 11.6 Å². The molecule has 0 saturated carbocycles. The summed E-state index contributed by atoms with van der Waals surface area (Å²) in [6.07, 6.45) is 2.54. The van der Waals surface area contributed by atoms with E-state index in [1.54, 1.807) is 18.2 Å². The lowest BCUT2D eigenvalue weighted by Crippen LogP contribution is -1.92. The predicted octanol–water partition coefficient (Wildman–Crippen LogP) is 2.84. The zero-order chi connectivity index (χ0) is 11.3. The third-order valence-electron chi connectivity index (χ3n) is 1.67. The highest BCUT2D eigenvalue weighted by molar-refractivity contribution is 6.32. The molecule has 1 aromatic carbocycles. The fourth-order valence-corrected chi connectivity index (χ4v) is 1.30. The molecular formula is C11H11ClO3. The highest BCUT2D eigenvalue weighted by atomic mass is 35.5. The molecule has 1 N–H and O–H groups in total. The Morgan fingerprint density at radius 2 is 2.33 bits per heavy atom. The van der Waals surface area contributed by atoms with Gasteiger partial charge in [0.2, 0.25) is 0 Å². The summed E-state index contributed by atoms with van der Waals surface area (Å²) in [4.78, 5) is 10.3. The van der Waals surface area contributed by atoms with Crippen molar-refractivity contribution in [3.63, 3.8) is 0 Å². The fraction of sp³-hybridized carbons (Fsp3) is 0.182. The van der Waals surface area contributed by atoms with Crippen LogP contribution in [-0.2, 0) is 4.79 Å². The van der Waals surface area contributed by atoms with Gasteiger partial charge in [0.25, 0.3) is 0 Å². The summed E-state index contributed by atoms with van der Waals surface area (Å²) in [5.74, 6) is -0.383. The number of rotatable bonds is 4. The number of halogens is 1. The summed E-state index contributed by atoms with van der Waals surface area (Å²) in [7, 11) is 0. The van der Waals surface area contributed by atoms with E-state index < -0.39 is 5.97 Å². The summed E-state index contributed by atoms with van der Waals surface area (Å²) in [5, 5.41) is 8.91. The largest absolute Gasteiger partial charge is 0.492 e. The van der Waals surface area contributed by atoms with Crippen molar-refractivity contribution in [3.8, 4) is 5.75 Å². The van der Waals surface area contributed by atoms with Crippen molar-refractivity contribution < 1.29 is 14.6 Å². The zero-order valence-corrected chi connectivity index (χ0v) is 8.99. The third kappa shape index (κ3) is 3.64. The average Bonchev–Trinajstić information content (AvgIpc) is 2.19. The molecule has 4 heteroatoms. The zero-order valence-electron chi connectivity index (χ0n) is 8.24. The van der Waals surface area contributed by atoms with E-state index in [4.69, 9.17) is 21.4 Å². The molecule has 0 aromatic heterocycles. The number of benzene rings is 1. The van der Waals surface area contributed by atoms with E-state index in [2.05, 4.69) is 0 Å². The molecule has 0 heterocycles. The molecule has 0 amide bonds. The van der Waals surface area contributed by atoms with E-state index in [0.717, 1.165) is 11.6 Å². The molecule has 15 heavy (non-hydrogen) atoms. The Balaban J connectivity index is 2.86. The van der Waals surface area contributed by atoms with Crippen LogP contribution < -0.4 is 4.74 Å². The Morgan fingerprint density at radius 3 is 2.87 bits per heavy atom. The maximum Gasteiger partial charge on any atom is 0.328 e. The summed E-state index contributed by atoms with van der Waals surface area (Å²) < 4.78 is 5.24. The molecule has 0 unspecified atom stereocenters. The van der Waals surface area contributed by atoms with Crippen molar-refractivity contribution in [1.82, 2.24) is 0 Å². The second kappa shape index (κ2) is 5.41. The molecule has 1 aromatic rings. The van der Waals surface area contributed by atoms with Crippen LogP contribution in [0.25, 0.3) is 6.08 Å². The fourth-order valence-electron chi connectivity index (χ4n) is 1.06. The first-order valence-electron chi connectivity index (χ1n) is 4.47. The second-order valence-electron chi connectivity index (χ2n) is 2.79. The molecule has 80 valence electrons. The van der Waals surface area contributed by atoms with Gasteiger partial charge in [0.1, 0.15) is 5.75 Å². The number of carboxylic acid groups (broad SMARTS) is 1. The van der Waals surface area contributed by atoms with Gasteiger partial charge in [0.15, 0.2) is 0 Å². The first-order chi connectivity index (χ1) is 7.13. The van der Waals surface area contributed by atoms with Crippen molar-refractivity contribution >= 4 is 23.6 Å². The number of carboxylic acids is 1. The quantitative estimate of drug-likeness (QED) is 0.803. The summed E-state index contributed by atoms with van der Waals surface area (Å²) in [5.41, 5.74) is 0.728. The standard InChI is InChI=1S/C11H11ClO3/c1-2-15-10-5-3-8(7-9(10)12)4-6-11(13)14/h3-7H,2H2,1H3,(H,13,14)/b6-4+. The van der Waals surface area contributed by atoms with E-state index in [1.165, 1.54) is 6.08 Å². The Morgan fingerprint density at radius 1 is 1.60 bits per heavy atom. The lowest BCUT2D eigenvalue weighted by atomic mass is 10.2. The number of carbonyl (C=O) groups is 1. The van der Waals surface area contributed by atoms with Gasteiger partial charge in [0.05, 0.1) is 11.6 Å². The van der Waals surface area contributed by atoms with Crippen LogP contribution in [0, 0.1) is 0 Å². The summed E-state index contributed by atoms with van der Waals surface area (Å²) in [6.45, 7) is 2.42. The van der Waals surface area contributed by atoms with Crippen molar-refractivity contribution in [1.29, 1.82) is 0 Å². The van der Waals surface area contributed by atoms with Gasteiger partial charge in [0, 0.05) is 6.08 Å². The first-order valence-corrected chi connectivity index (χ1v) is 4.84. The highest BCUT2D eigenvalue weighted by Gasteiger charge is 2.00. The van der Waals surface area contributed by atoms with Gasteiger partial charge < -0.3 is 9.84 Å². The van der Waals surface area contributed by atoms with Crippen molar-refractivity contribution in [2.24, 2.45) is 0 Å². The van der Waals surface area contributed by atoms with Crippen LogP contribution in [0.1, 0.15) is 12.5 Å². The monoisotopic (exact) mass is 226 g/mol. The van der Waals surface area contributed by atoms with Crippen molar-refractivity contribution in [3.05, 3.63) is 34.9 Å². The maximum absolute atomic E-state index is 10.3. The number of aliphatic carboxylic acids is 1. The Bertz CT molecular complexity index is 385. The van der Waals surface area contributed by atoms with Gasteiger partial charge in [-0.3, -0.25) is 0 Å². The van der Waals surface area contributed by atoms with E-state index in [9.17, 15) is 4.79 Å². The van der Waals surface area contributed by atoms with E-state index >= 15 is 0 Å². The van der Waals surface area contributed by atoms with E-state index in [-0.39, 0.29) is 0 Å². The highest BCUT2D eigenvalue weighted by Crippen LogP contribution is 2.25. The summed E-state index contributed by atoms with van der Waals surface area (Å²) >= 11 is 5.92. The molecule has 0 aliphatic rings. The molecule has 0 aliphatic carbocycles. The average molecular weight is 227 g/mol. The maximum atomic E-state index is 10.3. The number of hydrogen-bond donors (Lipinski definition) is 1. The van der Waals surface area contributed by atoms with Crippen LogP contribution in [0.5, 0.6) is 5.75 Å². The van der Waals surface area contributed by atoms with Crippen molar-refractivity contribution in [2.75, 3.05) is 6.61 Å². The van der Waals surface area contributed by atoms with Gasteiger partial charge >= 0.3 is 5.97 Å². The molecular weight excluding hydrogens is 216 g/mol. The molecule has 0 spiro atoms. The Hall–Kier alpha value is -1.48. The van der Waals surface area contributed by atoms with E-state index in [1.807, 2.05) is 6.92 Å². The topological polar surface area (TPSA) is 46.5 Å². The van der Waals surface area contributed by atoms with Gasteiger partial charge in [-0.25, -0.2) is 4.79 Å². The third-order valence-corrected chi connectivity index (χ3v) is 1.97. The molecule has 0 saturated heterocycles. The minimum absolute atomic E-state index is 0.476. The molecule has 0 atom stereocenters. The molecule has 0 bridgehead atoms. The molecule has 0 aliphatic heterocycles. The minimum atomic E-state index is -0.986. The van der Waals surface area contributed by atoms with Gasteiger partial charge in [-0.15, -0.1) is 0 Å². The minimum Gasteiger partial charge on any atom is -0.492 e. The number of ether oxygens (including phenoxy) is 1. The smallest absolute Gasteiger partial charge is 0.328 e. The molecule has 0 radical (unpaired) electrons. The van der Waals surface area contributed by atoms with Crippen LogP contribution in [0.15, 0.2) is 24.3 Å². The van der Waals surface area contributed by atoms with Crippen LogP contribution in [0.3, 0.4) is 0 Å². The van der Waals surface area contributed by atoms with Gasteiger partial charge in [-0.2, -0.15) is 0 Å². The van der Waals surface area contributed by atoms with Crippen LogP contribution in [-0.4, -0.2) is 17.7 Å². The lowest BCUT2D eigenvalue weighted by molar-refractivity contribution is -0.131. The van der Waals surface area contributed by atoms with Gasteiger partial charge in [-0.05, 0) is 30.7 Å². The van der Waals surface area contributed by atoms with Gasteiger partial charge in [-0.1, -0.05) is 17.7 Å². The summed E-state index contributed by atoms with van der Waals surface area (Å²) in [6, 6.07) is 5.12. The predicted molar refractivity (Wildman–Crippen MR) is 59.3 cm³/mol. The second-order valence-corrected chi connectivity index (χ2v) is 3.20. The lowest BCUT2D eigenvalue weighted by Gasteiger charge is -2.05. The van der Waals surface area contributed by atoms with Crippen molar-refractivity contribution in [2.45, 2.75) is 6.92 Å². The number of hydrogen-bond acceptors (Lipinski definition) is 2. The SMILES string of the molecule is CCOc1ccc(/C=C/C(=O)O)cc1Cl. The Labute approximate surface area is 92.9 Å². The molecule has 0 fully saturated rings.